The van der Waals surface area contributed by atoms with E-state index in [0.717, 1.165) is 25.2 Å². The fourth-order valence-corrected chi connectivity index (χ4v) is 1.13. The van der Waals surface area contributed by atoms with E-state index in [2.05, 4.69) is 13.8 Å². The Morgan fingerprint density at radius 3 is 2.08 bits per heavy atom. The molecule has 0 aliphatic rings. The van der Waals surface area contributed by atoms with E-state index in [0.29, 0.717) is 0 Å². The van der Waals surface area contributed by atoms with Crippen LogP contribution < -0.4 is 0 Å². The van der Waals surface area contributed by atoms with Crippen LogP contribution in [0.5, 0.6) is 0 Å². The molecule has 0 saturated heterocycles. The normalized spacial score (nSPS) is 13.3. The average Bonchev–Trinajstić information content (AvgIpc) is 1.97. The molecule has 0 heterocycles. The number of unbranched alkanes of at least 4 members (excludes halogenated alkanes) is 1. The maximum absolute atomic E-state index is 10.4. The van der Waals surface area contributed by atoms with Gasteiger partial charge in [-0.3, -0.25) is 4.79 Å². The van der Waals surface area contributed by atoms with Crippen molar-refractivity contribution in [2.75, 3.05) is 0 Å². The maximum atomic E-state index is 10.4. The minimum atomic E-state index is -0.667. The van der Waals surface area contributed by atoms with Crippen molar-refractivity contribution in [3.8, 4) is 0 Å². The standard InChI is InChI=1S/C10H20O2/c1-8(2)6-4-5-7-9(3)10(11)12/h8-9H,4-7H2,1-3H3,(H,11,12). The molecule has 0 radical (unpaired) electrons. The molecule has 0 aromatic carbocycles. The van der Waals surface area contributed by atoms with Gasteiger partial charge in [0.25, 0.3) is 0 Å². The van der Waals surface area contributed by atoms with Crippen LogP contribution in [-0.4, -0.2) is 11.1 Å². The Balaban J connectivity index is 3.25. The Hall–Kier alpha value is -0.530. The monoisotopic (exact) mass is 172 g/mol. The lowest BCUT2D eigenvalue weighted by molar-refractivity contribution is -0.141. The molecule has 0 aromatic rings. The Labute approximate surface area is 75.0 Å². The molecule has 1 N–H and O–H groups in total. The van der Waals surface area contributed by atoms with E-state index >= 15 is 0 Å². The van der Waals surface area contributed by atoms with E-state index < -0.39 is 5.97 Å². The fourth-order valence-electron chi connectivity index (χ4n) is 1.13. The van der Waals surface area contributed by atoms with Crippen LogP contribution in [0.25, 0.3) is 0 Å². The van der Waals surface area contributed by atoms with E-state index in [9.17, 15) is 4.79 Å². The predicted octanol–water partition coefficient (Wildman–Crippen LogP) is 2.92. The molecule has 2 heteroatoms. The van der Waals surface area contributed by atoms with Crippen molar-refractivity contribution < 1.29 is 9.90 Å². The smallest absolute Gasteiger partial charge is 0.306 e. The van der Waals surface area contributed by atoms with Crippen LogP contribution in [0.15, 0.2) is 0 Å². The number of carboxylic acids is 1. The van der Waals surface area contributed by atoms with Gasteiger partial charge in [-0.15, -0.1) is 0 Å². The van der Waals surface area contributed by atoms with Gasteiger partial charge in [-0.25, -0.2) is 0 Å². The van der Waals surface area contributed by atoms with Gasteiger partial charge >= 0.3 is 5.97 Å². The third-order valence-corrected chi connectivity index (χ3v) is 2.09. The molecule has 72 valence electrons. The number of rotatable bonds is 6. The van der Waals surface area contributed by atoms with Gasteiger partial charge in [-0.05, 0) is 12.3 Å². The Kier molecular flexibility index (Phi) is 5.77. The highest BCUT2D eigenvalue weighted by atomic mass is 16.4. The molecule has 0 spiro atoms. The summed E-state index contributed by atoms with van der Waals surface area (Å²) in [4.78, 5) is 10.4. The van der Waals surface area contributed by atoms with Crippen LogP contribution in [0.3, 0.4) is 0 Å². The van der Waals surface area contributed by atoms with Crippen LogP contribution in [0.1, 0.15) is 46.5 Å². The van der Waals surface area contributed by atoms with Gasteiger partial charge in [0.05, 0.1) is 5.92 Å². The zero-order valence-electron chi connectivity index (χ0n) is 8.34. The number of hydrogen-bond acceptors (Lipinski definition) is 1. The van der Waals surface area contributed by atoms with Crippen molar-refractivity contribution in [3.63, 3.8) is 0 Å². The van der Waals surface area contributed by atoms with Gasteiger partial charge in [0, 0.05) is 0 Å². The molecule has 0 rings (SSSR count). The van der Waals surface area contributed by atoms with Gasteiger partial charge in [-0.1, -0.05) is 40.0 Å². The van der Waals surface area contributed by atoms with Crippen molar-refractivity contribution in [2.24, 2.45) is 11.8 Å². The van der Waals surface area contributed by atoms with Crippen LogP contribution in [0.4, 0.5) is 0 Å². The highest BCUT2D eigenvalue weighted by molar-refractivity contribution is 5.69. The molecular weight excluding hydrogens is 152 g/mol. The summed E-state index contributed by atoms with van der Waals surface area (Å²) in [5, 5.41) is 8.59. The first kappa shape index (κ1) is 11.5. The van der Waals surface area contributed by atoms with E-state index in [-0.39, 0.29) is 5.92 Å². The number of hydrogen-bond donors (Lipinski definition) is 1. The fraction of sp³-hybridized carbons (Fsp3) is 0.900. The maximum Gasteiger partial charge on any atom is 0.306 e. The molecule has 0 fully saturated rings. The van der Waals surface area contributed by atoms with Crippen LogP contribution in [0.2, 0.25) is 0 Å². The molecule has 0 aliphatic carbocycles. The van der Waals surface area contributed by atoms with E-state index in [1.54, 1.807) is 6.92 Å². The van der Waals surface area contributed by atoms with Gasteiger partial charge in [0.2, 0.25) is 0 Å². The number of carboxylic acid groups (broad SMARTS) is 1. The predicted molar refractivity (Wildman–Crippen MR) is 50.1 cm³/mol. The Morgan fingerprint density at radius 2 is 1.67 bits per heavy atom. The largest absolute Gasteiger partial charge is 0.481 e. The van der Waals surface area contributed by atoms with Crippen molar-refractivity contribution in [2.45, 2.75) is 46.5 Å². The summed E-state index contributed by atoms with van der Waals surface area (Å²) < 4.78 is 0. The summed E-state index contributed by atoms with van der Waals surface area (Å²) in [6.45, 7) is 6.17. The van der Waals surface area contributed by atoms with Crippen LogP contribution in [0, 0.1) is 11.8 Å². The highest BCUT2D eigenvalue weighted by Gasteiger charge is 2.09. The van der Waals surface area contributed by atoms with Gasteiger partial charge in [-0.2, -0.15) is 0 Å². The molecule has 0 amide bonds. The van der Waals surface area contributed by atoms with Crippen molar-refractivity contribution >= 4 is 5.97 Å². The minimum Gasteiger partial charge on any atom is -0.481 e. The molecule has 0 aromatic heterocycles. The van der Waals surface area contributed by atoms with Crippen molar-refractivity contribution in [1.29, 1.82) is 0 Å². The van der Waals surface area contributed by atoms with E-state index in [1.807, 2.05) is 0 Å². The summed E-state index contributed by atoms with van der Waals surface area (Å²) in [7, 11) is 0. The van der Waals surface area contributed by atoms with Crippen molar-refractivity contribution in [1.82, 2.24) is 0 Å². The second kappa shape index (κ2) is 6.04. The first-order valence-electron chi connectivity index (χ1n) is 4.76. The topological polar surface area (TPSA) is 37.3 Å². The Morgan fingerprint density at radius 1 is 1.17 bits per heavy atom. The second-order valence-electron chi connectivity index (χ2n) is 3.92. The zero-order chi connectivity index (χ0) is 9.56. The van der Waals surface area contributed by atoms with Gasteiger partial charge in [0.1, 0.15) is 0 Å². The quantitative estimate of drug-likeness (QED) is 0.625. The SMILES string of the molecule is CC(C)CCCCC(C)C(=O)O. The first-order chi connectivity index (χ1) is 5.54. The van der Waals surface area contributed by atoms with Crippen molar-refractivity contribution in [3.05, 3.63) is 0 Å². The number of carbonyl (C=O) groups is 1. The zero-order valence-corrected chi connectivity index (χ0v) is 8.34. The molecular formula is C10H20O2. The number of aliphatic carboxylic acids is 1. The third-order valence-electron chi connectivity index (χ3n) is 2.09. The average molecular weight is 172 g/mol. The molecule has 2 nitrogen and oxygen atoms in total. The summed E-state index contributed by atoms with van der Waals surface area (Å²) >= 11 is 0. The lowest BCUT2D eigenvalue weighted by Crippen LogP contribution is -2.08. The van der Waals surface area contributed by atoms with Crippen LogP contribution in [-0.2, 0) is 4.79 Å². The van der Waals surface area contributed by atoms with Gasteiger partial charge in [0.15, 0.2) is 0 Å². The summed E-state index contributed by atoms with van der Waals surface area (Å²) in [5.41, 5.74) is 0. The molecule has 1 unspecified atom stereocenters. The summed E-state index contributed by atoms with van der Waals surface area (Å²) in [5.74, 6) is -0.0955. The molecule has 12 heavy (non-hydrogen) atoms. The van der Waals surface area contributed by atoms with E-state index in [4.69, 9.17) is 5.11 Å². The summed E-state index contributed by atoms with van der Waals surface area (Å²) in [6.07, 6.45) is 4.25. The first-order valence-corrected chi connectivity index (χ1v) is 4.76. The Bertz CT molecular complexity index is 130. The second-order valence-corrected chi connectivity index (χ2v) is 3.92. The summed E-state index contributed by atoms with van der Waals surface area (Å²) in [6, 6.07) is 0. The molecule has 0 bridgehead atoms. The highest BCUT2D eigenvalue weighted by Crippen LogP contribution is 2.12. The lowest BCUT2D eigenvalue weighted by atomic mass is 10.0. The third kappa shape index (κ3) is 6.20. The van der Waals surface area contributed by atoms with Gasteiger partial charge < -0.3 is 5.11 Å². The van der Waals surface area contributed by atoms with Crippen LogP contribution >= 0.6 is 0 Å². The lowest BCUT2D eigenvalue weighted by Gasteiger charge is -2.06. The minimum absolute atomic E-state index is 0.169. The molecule has 0 aliphatic heterocycles. The molecule has 1 atom stereocenters. The molecule has 0 saturated carbocycles. The van der Waals surface area contributed by atoms with E-state index in [1.165, 1.54) is 6.42 Å².